The minimum absolute atomic E-state index is 0. The first-order valence-corrected chi connectivity index (χ1v) is 4.64. The molecule has 0 atom stereocenters. The molecule has 1 aliphatic rings. The van der Waals surface area contributed by atoms with Crippen molar-refractivity contribution in [3.63, 3.8) is 0 Å². The van der Waals surface area contributed by atoms with Crippen molar-refractivity contribution in [3.05, 3.63) is 29.8 Å². The van der Waals surface area contributed by atoms with Crippen molar-refractivity contribution < 1.29 is 4.74 Å². The Morgan fingerprint density at radius 1 is 1.47 bits per heavy atom. The predicted octanol–water partition coefficient (Wildman–Crippen LogP) is 1.85. The molecule has 1 aromatic carbocycles. The molecule has 4 heteroatoms. The van der Waals surface area contributed by atoms with Crippen LogP contribution in [-0.4, -0.2) is 12.1 Å². The summed E-state index contributed by atoms with van der Waals surface area (Å²) in [6.45, 7) is 0.544. The Labute approximate surface area is 95.2 Å². The topological polar surface area (TPSA) is 59.0 Å². The zero-order chi connectivity index (χ0) is 10.0. The minimum atomic E-state index is -0.108. The number of hydrogen-bond donors (Lipinski definition) is 1. The fourth-order valence-corrected chi connectivity index (χ4v) is 1.19. The lowest BCUT2D eigenvalue weighted by atomic mass is 10.2. The molecule has 15 heavy (non-hydrogen) atoms. The lowest BCUT2D eigenvalue weighted by Crippen LogP contribution is -2.29. The first-order chi connectivity index (χ1) is 6.72. The van der Waals surface area contributed by atoms with Crippen LogP contribution in [0.15, 0.2) is 24.3 Å². The first kappa shape index (κ1) is 11.8. The quantitative estimate of drug-likeness (QED) is 0.853. The van der Waals surface area contributed by atoms with Crippen LogP contribution in [0.4, 0.5) is 0 Å². The highest BCUT2D eigenvalue weighted by molar-refractivity contribution is 5.85. The molecule has 0 spiro atoms. The van der Waals surface area contributed by atoms with Gasteiger partial charge in [0.05, 0.1) is 17.2 Å². The molecule has 0 bridgehead atoms. The zero-order valence-corrected chi connectivity index (χ0v) is 9.09. The highest BCUT2D eigenvalue weighted by Crippen LogP contribution is 2.32. The van der Waals surface area contributed by atoms with Crippen LogP contribution in [0.1, 0.15) is 18.4 Å². The molecule has 1 fully saturated rings. The maximum atomic E-state index is 8.67. The summed E-state index contributed by atoms with van der Waals surface area (Å²) in [5.41, 5.74) is 6.38. The van der Waals surface area contributed by atoms with Crippen molar-refractivity contribution >= 4 is 12.4 Å². The van der Waals surface area contributed by atoms with E-state index in [4.69, 9.17) is 15.7 Å². The molecule has 0 radical (unpaired) electrons. The summed E-state index contributed by atoms with van der Waals surface area (Å²) in [6, 6.07) is 9.20. The molecule has 0 aromatic heterocycles. The van der Waals surface area contributed by atoms with E-state index in [1.54, 1.807) is 12.1 Å². The van der Waals surface area contributed by atoms with Gasteiger partial charge in [-0.25, -0.2) is 0 Å². The Bertz CT molecular complexity index is 382. The second kappa shape index (κ2) is 4.52. The number of nitrogens with two attached hydrogens (primary N) is 1. The monoisotopic (exact) mass is 224 g/mol. The third-order valence-electron chi connectivity index (χ3n) is 2.38. The summed E-state index contributed by atoms with van der Waals surface area (Å²) < 4.78 is 5.50. The maximum absolute atomic E-state index is 8.67. The third-order valence-corrected chi connectivity index (χ3v) is 2.38. The summed E-state index contributed by atoms with van der Waals surface area (Å²) in [4.78, 5) is 0. The minimum Gasteiger partial charge on any atom is -0.492 e. The van der Waals surface area contributed by atoms with E-state index >= 15 is 0 Å². The normalized spacial score (nSPS) is 16.0. The van der Waals surface area contributed by atoms with Gasteiger partial charge < -0.3 is 10.5 Å². The first-order valence-electron chi connectivity index (χ1n) is 4.64. The Balaban J connectivity index is 0.00000112. The summed E-state index contributed by atoms with van der Waals surface area (Å²) in [5.74, 6) is 0.723. The molecule has 2 rings (SSSR count). The number of ether oxygens (including phenoxy) is 1. The standard InChI is InChI=1S/C11H12N2O.ClH/c12-7-9-2-1-3-10(6-9)14-8-11(13)4-5-11;/h1-3,6H,4-5,8,13H2;1H. The highest BCUT2D eigenvalue weighted by Gasteiger charge is 2.39. The number of rotatable bonds is 3. The van der Waals surface area contributed by atoms with Crippen molar-refractivity contribution in [2.24, 2.45) is 5.73 Å². The summed E-state index contributed by atoms with van der Waals surface area (Å²) in [6.07, 6.45) is 2.07. The van der Waals surface area contributed by atoms with Gasteiger partial charge in [0, 0.05) is 0 Å². The molecule has 3 nitrogen and oxygen atoms in total. The second-order valence-corrected chi connectivity index (χ2v) is 3.79. The van der Waals surface area contributed by atoms with Gasteiger partial charge in [0.2, 0.25) is 0 Å². The van der Waals surface area contributed by atoms with E-state index in [1.807, 2.05) is 12.1 Å². The average Bonchev–Trinajstić information content (AvgIpc) is 2.95. The van der Waals surface area contributed by atoms with E-state index in [0.717, 1.165) is 18.6 Å². The van der Waals surface area contributed by atoms with Crippen molar-refractivity contribution in [3.8, 4) is 11.8 Å². The van der Waals surface area contributed by atoms with Gasteiger partial charge in [0.15, 0.2) is 0 Å². The van der Waals surface area contributed by atoms with E-state index in [-0.39, 0.29) is 17.9 Å². The molecule has 0 aliphatic heterocycles. The number of benzene rings is 1. The highest BCUT2D eigenvalue weighted by atomic mass is 35.5. The van der Waals surface area contributed by atoms with Gasteiger partial charge in [-0.05, 0) is 31.0 Å². The van der Waals surface area contributed by atoms with Crippen LogP contribution < -0.4 is 10.5 Å². The summed E-state index contributed by atoms with van der Waals surface area (Å²) in [7, 11) is 0. The maximum Gasteiger partial charge on any atom is 0.120 e. The van der Waals surface area contributed by atoms with Crippen LogP contribution in [0.5, 0.6) is 5.75 Å². The molecule has 0 saturated heterocycles. The van der Waals surface area contributed by atoms with Crippen LogP contribution in [0, 0.1) is 11.3 Å². The third kappa shape index (κ3) is 3.12. The van der Waals surface area contributed by atoms with Crippen molar-refractivity contribution in [2.75, 3.05) is 6.61 Å². The average molecular weight is 225 g/mol. The lowest BCUT2D eigenvalue weighted by molar-refractivity contribution is 0.279. The van der Waals surface area contributed by atoms with Crippen LogP contribution in [0.3, 0.4) is 0 Å². The van der Waals surface area contributed by atoms with Crippen molar-refractivity contribution in [1.82, 2.24) is 0 Å². The Morgan fingerprint density at radius 2 is 2.20 bits per heavy atom. The lowest BCUT2D eigenvalue weighted by Gasteiger charge is -2.10. The number of nitriles is 1. The largest absolute Gasteiger partial charge is 0.492 e. The van der Waals surface area contributed by atoms with Crippen LogP contribution >= 0.6 is 12.4 Å². The SMILES string of the molecule is Cl.N#Cc1cccc(OCC2(N)CC2)c1. The molecule has 0 unspecified atom stereocenters. The predicted molar refractivity (Wildman–Crippen MR) is 60.1 cm³/mol. The number of halogens is 1. The van der Waals surface area contributed by atoms with Gasteiger partial charge in [-0.1, -0.05) is 6.07 Å². The Morgan fingerprint density at radius 3 is 2.80 bits per heavy atom. The number of hydrogen-bond acceptors (Lipinski definition) is 3. The molecular formula is C11H13ClN2O. The van der Waals surface area contributed by atoms with Gasteiger partial charge in [-0.15, -0.1) is 12.4 Å². The van der Waals surface area contributed by atoms with Gasteiger partial charge in [0.1, 0.15) is 12.4 Å². The van der Waals surface area contributed by atoms with Crippen LogP contribution in [0.2, 0.25) is 0 Å². The van der Waals surface area contributed by atoms with E-state index in [1.165, 1.54) is 0 Å². The van der Waals surface area contributed by atoms with Gasteiger partial charge in [-0.2, -0.15) is 5.26 Å². The number of nitrogens with zero attached hydrogens (tertiary/aromatic N) is 1. The van der Waals surface area contributed by atoms with Gasteiger partial charge in [-0.3, -0.25) is 0 Å². The van der Waals surface area contributed by atoms with Crippen molar-refractivity contribution in [1.29, 1.82) is 5.26 Å². The molecule has 1 aromatic rings. The van der Waals surface area contributed by atoms with Gasteiger partial charge in [0.25, 0.3) is 0 Å². The van der Waals surface area contributed by atoms with Crippen molar-refractivity contribution in [2.45, 2.75) is 18.4 Å². The molecule has 0 amide bonds. The zero-order valence-electron chi connectivity index (χ0n) is 8.27. The molecule has 80 valence electrons. The smallest absolute Gasteiger partial charge is 0.120 e. The summed E-state index contributed by atoms with van der Waals surface area (Å²) >= 11 is 0. The molecule has 0 heterocycles. The second-order valence-electron chi connectivity index (χ2n) is 3.79. The summed E-state index contributed by atoms with van der Waals surface area (Å²) in [5, 5.41) is 8.67. The van der Waals surface area contributed by atoms with E-state index in [2.05, 4.69) is 6.07 Å². The molecule has 1 saturated carbocycles. The van der Waals surface area contributed by atoms with E-state index in [9.17, 15) is 0 Å². The molecule has 1 aliphatic carbocycles. The van der Waals surface area contributed by atoms with Gasteiger partial charge >= 0.3 is 0 Å². The Hall–Kier alpha value is -1.24. The Kier molecular flexibility index (Phi) is 3.57. The van der Waals surface area contributed by atoms with Crippen LogP contribution in [0.25, 0.3) is 0 Å². The fraction of sp³-hybridized carbons (Fsp3) is 0.364. The van der Waals surface area contributed by atoms with E-state index in [0.29, 0.717) is 12.2 Å². The molecule has 2 N–H and O–H groups in total. The van der Waals surface area contributed by atoms with Crippen LogP contribution in [-0.2, 0) is 0 Å². The fourth-order valence-electron chi connectivity index (χ4n) is 1.19. The van der Waals surface area contributed by atoms with E-state index < -0.39 is 0 Å². The molecular weight excluding hydrogens is 212 g/mol.